The molecule has 3 N–H and O–H groups in total. The van der Waals surface area contributed by atoms with Crippen LogP contribution in [0.4, 0.5) is 11.4 Å². The van der Waals surface area contributed by atoms with Gasteiger partial charge in [0.1, 0.15) is 0 Å². The maximum absolute atomic E-state index is 11.7. The second-order valence-electron chi connectivity index (χ2n) is 4.82. The second kappa shape index (κ2) is 6.24. The minimum Gasteiger partial charge on any atom is -0.325 e. The lowest BCUT2D eigenvalue weighted by molar-refractivity contribution is -0.118. The summed E-state index contributed by atoms with van der Waals surface area (Å²) in [6, 6.07) is 4.59. The third-order valence-electron chi connectivity index (χ3n) is 3.36. The van der Waals surface area contributed by atoms with Crippen LogP contribution in [-0.2, 0) is 9.59 Å². The molecule has 108 valence electrons. The number of carbonyl (C=O) groups is 2. The third kappa shape index (κ3) is 3.11. The lowest BCUT2D eigenvalue weighted by Gasteiger charge is -2.18. The Balaban J connectivity index is 2.13. The highest BCUT2D eigenvalue weighted by Gasteiger charge is 2.23. The first-order valence-corrected chi connectivity index (χ1v) is 7.07. The van der Waals surface area contributed by atoms with Crippen molar-refractivity contribution >= 4 is 34.8 Å². The number of amides is 2. The first-order valence-electron chi connectivity index (χ1n) is 6.69. The van der Waals surface area contributed by atoms with Crippen molar-refractivity contribution in [3.63, 3.8) is 0 Å². The van der Waals surface area contributed by atoms with E-state index in [9.17, 15) is 9.59 Å². The monoisotopic (exact) mass is 295 g/mol. The number of nitrogens with zero attached hydrogens (tertiary/aromatic N) is 1. The molecule has 0 aliphatic carbocycles. The number of anilines is 2. The van der Waals surface area contributed by atoms with Crippen LogP contribution in [0.15, 0.2) is 18.2 Å². The van der Waals surface area contributed by atoms with Crippen LogP contribution in [0.25, 0.3) is 0 Å². The molecular weight excluding hydrogens is 278 g/mol. The van der Waals surface area contributed by atoms with Gasteiger partial charge in [0.05, 0.1) is 16.8 Å². The fourth-order valence-electron chi connectivity index (χ4n) is 2.13. The van der Waals surface area contributed by atoms with Crippen LogP contribution >= 0.6 is 11.6 Å². The zero-order valence-corrected chi connectivity index (χ0v) is 12.1. The molecule has 6 heteroatoms. The van der Waals surface area contributed by atoms with Crippen LogP contribution in [0.1, 0.15) is 26.2 Å². The molecule has 1 aromatic carbocycles. The summed E-state index contributed by atoms with van der Waals surface area (Å²) in [4.78, 5) is 25.1. The predicted molar refractivity (Wildman–Crippen MR) is 79.9 cm³/mol. The van der Waals surface area contributed by atoms with Crippen molar-refractivity contribution in [3.05, 3.63) is 23.2 Å². The maximum atomic E-state index is 11.7. The minimum atomic E-state index is -0.534. The number of halogens is 1. The molecule has 1 aliphatic rings. The summed E-state index contributed by atoms with van der Waals surface area (Å²) < 4.78 is 0. The average molecular weight is 296 g/mol. The molecule has 1 fully saturated rings. The van der Waals surface area contributed by atoms with Crippen molar-refractivity contribution in [2.45, 2.75) is 32.2 Å². The fraction of sp³-hybridized carbons (Fsp3) is 0.429. The summed E-state index contributed by atoms with van der Waals surface area (Å²) >= 11 is 6.20. The smallest absolute Gasteiger partial charge is 0.241 e. The van der Waals surface area contributed by atoms with Gasteiger partial charge in [-0.25, -0.2) is 0 Å². The van der Waals surface area contributed by atoms with Crippen LogP contribution in [-0.4, -0.2) is 24.4 Å². The highest BCUT2D eigenvalue weighted by molar-refractivity contribution is 6.34. The number of nitrogens with one attached hydrogen (secondary N) is 1. The Morgan fingerprint density at radius 1 is 1.55 bits per heavy atom. The molecule has 20 heavy (non-hydrogen) atoms. The van der Waals surface area contributed by atoms with Gasteiger partial charge in [-0.3, -0.25) is 9.59 Å². The molecule has 0 bridgehead atoms. The topological polar surface area (TPSA) is 75.4 Å². The van der Waals surface area contributed by atoms with Gasteiger partial charge in [-0.2, -0.15) is 0 Å². The van der Waals surface area contributed by atoms with Gasteiger partial charge in [0.25, 0.3) is 0 Å². The Kier molecular flexibility index (Phi) is 4.62. The van der Waals surface area contributed by atoms with Crippen molar-refractivity contribution in [2.24, 2.45) is 5.73 Å². The van der Waals surface area contributed by atoms with E-state index in [1.54, 1.807) is 23.1 Å². The highest BCUT2D eigenvalue weighted by atomic mass is 35.5. The normalized spacial score (nSPS) is 16.4. The van der Waals surface area contributed by atoms with Gasteiger partial charge in [0, 0.05) is 18.7 Å². The van der Waals surface area contributed by atoms with Gasteiger partial charge in [-0.1, -0.05) is 18.5 Å². The molecule has 5 nitrogen and oxygen atoms in total. The number of carbonyl (C=O) groups excluding carboxylic acids is 2. The van der Waals surface area contributed by atoms with E-state index >= 15 is 0 Å². The van der Waals surface area contributed by atoms with E-state index in [2.05, 4.69) is 5.32 Å². The van der Waals surface area contributed by atoms with Crippen LogP contribution in [0.2, 0.25) is 5.02 Å². The standard InChI is InChI=1S/C14H18ClN3O2/c1-2-11(16)14(20)17-9-5-6-12(10(15)8-9)18-7-3-4-13(18)19/h5-6,8,11H,2-4,7,16H2,1H3,(H,17,20). The lowest BCUT2D eigenvalue weighted by Crippen LogP contribution is -2.34. The van der Waals surface area contributed by atoms with Gasteiger partial charge < -0.3 is 16.0 Å². The number of rotatable bonds is 4. The zero-order chi connectivity index (χ0) is 14.7. The van der Waals surface area contributed by atoms with E-state index in [0.29, 0.717) is 35.8 Å². The molecule has 0 radical (unpaired) electrons. The molecule has 2 amide bonds. The van der Waals surface area contributed by atoms with Gasteiger partial charge in [-0.05, 0) is 31.0 Å². The largest absolute Gasteiger partial charge is 0.325 e. The van der Waals surface area contributed by atoms with Crippen LogP contribution in [0.3, 0.4) is 0 Å². The fourth-order valence-corrected chi connectivity index (χ4v) is 2.41. The summed E-state index contributed by atoms with van der Waals surface area (Å²) in [7, 11) is 0. The molecule has 2 rings (SSSR count). The molecule has 1 aliphatic heterocycles. The molecule has 1 unspecified atom stereocenters. The molecular formula is C14H18ClN3O2. The first kappa shape index (κ1) is 14.8. The van der Waals surface area contributed by atoms with Gasteiger partial charge >= 0.3 is 0 Å². The van der Waals surface area contributed by atoms with Crippen molar-refractivity contribution in [2.75, 3.05) is 16.8 Å². The van der Waals surface area contributed by atoms with E-state index in [1.165, 1.54) is 0 Å². The van der Waals surface area contributed by atoms with Crippen molar-refractivity contribution in [1.29, 1.82) is 0 Å². The number of nitrogens with two attached hydrogens (primary N) is 1. The number of hydrogen-bond donors (Lipinski definition) is 2. The van der Waals surface area contributed by atoms with Crippen molar-refractivity contribution in [1.82, 2.24) is 0 Å². The summed E-state index contributed by atoms with van der Waals surface area (Å²) in [5, 5.41) is 3.16. The minimum absolute atomic E-state index is 0.0803. The first-order chi connectivity index (χ1) is 9.52. The van der Waals surface area contributed by atoms with E-state index in [4.69, 9.17) is 17.3 Å². The van der Waals surface area contributed by atoms with Crippen molar-refractivity contribution < 1.29 is 9.59 Å². The average Bonchev–Trinajstić information content (AvgIpc) is 2.84. The van der Waals surface area contributed by atoms with Crippen molar-refractivity contribution in [3.8, 4) is 0 Å². The number of benzene rings is 1. The second-order valence-corrected chi connectivity index (χ2v) is 5.23. The molecule has 0 aromatic heterocycles. The molecule has 1 aromatic rings. The molecule has 1 heterocycles. The molecule has 1 saturated heterocycles. The Labute approximate surface area is 123 Å². The third-order valence-corrected chi connectivity index (χ3v) is 3.66. The SMILES string of the molecule is CCC(N)C(=O)Nc1ccc(N2CCCC2=O)c(Cl)c1. The van der Waals surface area contributed by atoms with Crippen LogP contribution in [0, 0.1) is 0 Å². The van der Waals surface area contributed by atoms with Gasteiger partial charge in [0.2, 0.25) is 11.8 Å². The number of hydrogen-bond acceptors (Lipinski definition) is 3. The summed E-state index contributed by atoms with van der Waals surface area (Å²) in [5.41, 5.74) is 6.92. The van der Waals surface area contributed by atoms with E-state index in [-0.39, 0.29) is 11.8 Å². The molecule has 0 spiro atoms. The molecule has 0 saturated carbocycles. The quantitative estimate of drug-likeness (QED) is 0.893. The van der Waals surface area contributed by atoms with E-state index < -0.39 is 6.04 Å². The Bertz CT molecular complexity index is 533. The Morgan fingerprint density at radius 3 is 2.85 bits per heavy atom. The highest BCUT2D eigenvalue weighted by Crippen LogP contribution is 2.31. The van der Waals surface area contributed by atoms with E-state index in [0.717, 1.165) is 6.42 Å². The molecule has 1 atom stereocenters. The zero-order valence-electron chi connectivity index (χ0n) is 11.4. The van der Waals surface area contributed by atoms with Crippen LogP contribution < -0.4 is 16.0 Å². The van der Waals surface area contributed by atoms with E-state index in [1.807, 2.05) is 6.92 Å². The summed E-state index contributed by atoms with van der Waals surface area (Å²) in [5.74, 6) is -0.162. The van der Waals surface area contributed by atoms with Gasteiger partial charge in [-0.15, -0.1) is 0 Å². The predicted octanol–water partition coefficient (Wildman–Crippen LogP) is 2.14. The Morgan fingerprint density at radius 2 is 2.30 bits per heavy atom. The lowest BCUT2D eigenvalue weighted by atomic mass is 10.2. The van der Waals surface area contributed by atoms with Crippen LogP contribution in [0.5, 0.6) is 0 Å². The summed E-state index contributed by atoms with van der Waals surface area (Å²) in [6.07, 6.45) is 1.97. The maximum Gasteiger partial charge on any atom is 0.241 e. The summed E-state index contributed by atoms with van der Waals surface area (Å²) in [6.45, 7) is 2.53. The van der Waals surface area contributed by atoms with Gasteiger partial charge in [0.15, 0.2) is 0 Å². The Hall–Kier alpha value is -1.59.